The third kappa shape index (κ3) is 4.40. The molecule has 150 valence electrons. The molecule has 0 saturated heterocycles. The molecule has 0 radical (unpaired) electrons. The Labute approximate surface area is 162 Å². The maximum Gasteiger partial charge on any atom is 0.310 e. The van der Waals surface area contributed by atoms with Crippen molar-refractivity contribution in [1.29, 1.82) is 5.26 Å². The Kier molecular flexibility index (Phi) is 4.89. The van der Waals surface area contributed by atoms with Gasteiger partial charge in [-0.3, -0.25) is 0 Å². The number of hydrogen-bond donors (Lipinski definition) is 1. The molecule has 6 nitrogen and oxygen atoms in total. The van der Waals surface area contributed by atoms with Crippen LogP contribution in [-0.2, 0) is 15.2 Å². The molecule has 2 aromatic rings. The monoisotopic (exact) mass is 471 g/mol. The molecule has 1 atom stereocenters. The number of nitrogens with zero attached hydrogens (tertiary/aromatic N) is 3. The van der Waals surface area contributed by atoms with Crippen molar-refractivity contribution in [3.63, 3.8) is 0 Å². The molecular formula is C12H10Cl2F5N4O2S2+. The van der Waals surface area contributed by atoms with Gasteiger partial charge >= 0.3 is 10.2 Å². The highest BCUT2D eigenvalue weighted by atomic mass is 35.5. The van der Waals surface area contributed by atoms with E-state index in [9.17, 15) is 23.6 Å². The van der Waals surface area contributed by atoms with E-state index >= 15 is 0 Å². The van der Waals surface area contributed by atoms with Crippen LogP contribution in [0, 0.1) is 11.3 Å². The minimum Gasteiger partial charge on any atom is -0.479 e. The second-order valence-corrected chi connectivity index (χ2v) is 9.51. The first-order chi connectivity index (χ1) is 12.1. The van der Waals surface area contributed by atoms with Gasteiger partial charge in [0.1, 0.15) is 22.9 Å². The van der Waals surface area contributed by atoms with E-state index in [1.807, 2.05) is 0 Å². The number of halogens is 7. The van der Waals surface area contributed by atoms with Crippen molar-refractivity contribution in [2.24, 2.45) is 0 Å². The molecule has 0 amide bonds. The van der Waals surface area contributed by atoms with E-state index in [1.54, 1.807) is 6.07 Å². The van der Waals surface area contributed by atoms with Gasteiger partial charge in [-0.2, -0.15) is 15.0 Å². The van der Waals surface area contributed by atoms with Crippen LogP contribution in [0.4, 0.5) is 25.1 Å². The zero-order valence-corrected chi connectivity index (χ0v) is 16.5. The normalized spacial score (nSPS) is 15.4. The SMILES string of the molecule is COc1c(N[SH+](C)=O)c(C#N)nn1-c1c(Cl)cc(S(F)(F)(F)(F)F)cc1Cl. The first-order valence-corrected chi connectivity index (χ1v) is 11.0. The van der Waals surface area contributed by atoms with Crippen molar-refractivity contribution in [3.8, 4) is 17.6 Å². The number of hydrogen-bond acceptors (Lipinski definition) is 4. The fourth-order valence-corrected chi connectivity index (χ4v) is 4.02. The highest BCUT2D eigenvalue weighted by Gasteiger charge is 2.65. The van der Waals surface area contributed by atoms with Gasteiger partial charge in [-0.25, -0.2) is 4.72 Å². The van der Waals surface area contributed by atoms with Gasteiger partial charge in [-0.15, -0.1) is 0 Å². The molecule has 1 aromatic carbocycles. The number of nitrogens with one attached hydrogen (secondary N) is 1. The van der Waals surface area contributed by atoms with Crippen LogP contribution in [0.2, 0.25) is 10.0 Å². The van der Waals surface area contributed by atoms with Crippen LogP contribution in [0.3, 0.4) is 0 Å². The van der Waals surface area contributed by atoms with Crippen molar-refractivity contribution >= 4 is 50.1 Å². The molecule has 1 unspecified atom stereocenters. The number of rotatable bonds is 5. The molecule has 0 fully saturated rings. The summed E-state index contributed by atoms with van der Waals surface area (Å²) in [6.07, 6.45) is 1.27. The molecule has 0 aliphatic rings. The molecule has 27 heavy (non-hydrogen) atoms. The van der Waals surface area contributed by atoms with E-state index in [0.29, 0.717) is 0 Å². The largest absolute Gasteiger partial charge is 0.479 e. The van der Waals surface area contributed by atoms with Crippen molar-refractivity contribution in [1.82, 2.24) is 9.78 Å². The van der Waals surface area contributed by atoms with E-state index in [1.165, 1.54) is 6.26 Å². The average Bonchev–Trinajstić information content (AvgIpc) is 2.80. The van der Waals surface area contributed by atoms with Crippen LogP contribution in [0.1, 0.15) is 5.69 Å². The predicted octanol–water partition coefficient (Wildman–Crippen LogP) is 5.37. The lowest BCUT2D eigenvalue weighted by molar-refractivity contribution is 0.364. The predicted molar refractivity (Wildman–Crippen MR) is 95.2 cm³/mol. The molecule has 0 aliphatic carbocycles. The summed E-state index contributed by atoms with van der Waals surface area (Å²) in [4.78, 5) is -2.28. The average molecular weight is 472 g/mol. The topological polar surface area (TPSA) is 79.9 Å². The first-order valence-electron chi connectivity index (χ1n) is 6.57. The van der Waals surface area contributed by atoms with Gasteiger partial charge in [0.05, 0.1) is 17.2 Å². The van der Waals surface area contributed by atoms with Crippen LogP contribution in [0.5, 0.6) is 5.88 Å². The Hall–Kier alpha value is -1.75. The summed E-state index contributed by atoms with van der Waals surface area (Å²) >= 11 is 11.5. The number of aromatic nitrogens is 2. The van der Waals surface area contributed by atoms with Crippen molar-refractivity contribution in [2.75, 3.05) is 18.1 Å². The summed E-state index contributed by atoms with van der Waals surface area (Å²) in [5, 5.41) is 11.3. The van der Waals surface area contributed by atoms with E-state index in [2.05, 4.69) is 9.82 Å². The molecule has 15 heteroatoms. The van der Waals surface area contributed by atoms with Gasteiger partial charge in [0, 0.05) is 0 Å². The lowest BCUT2D eigenvalue weighted by atomic mass is 10.3. The Bertz CT molecular complexity index is 982. The first kappa shape index (κ1) is 21.5. The molecule has 1 heterocycles. The zero-order valence-electron chi connectivity index (χ0n) is 13.3. The number of nitriles is 1. The Morgan fingerprint density at radius 2 is 1.78 bits per heavy atom. The summed E-state index contributed by atoms with van der Waals surface area (Å²) in [5.74, 6) is -0.263. The maximum absolute atomic E-state index is 13.0. The third-order valence-corrected chi connectivity index (χ3v) is 5.30. The van der Waals surface area contributed by atoms with E-state index in [-0.39, 0.29) is 29.4 Å². The van der Waals surface area contributed by atoms with Crippen molar-refractivity contribution in [3.05, 3.63) is 27.9 Å². The quantitative estimate of drug-likeness (QED) is 0.361. The smallest absolute Gasteiger partial charge is 0.310 e. The lowest BCUT2D eigenvalue weighted by Gasteiger charge is -2.40. The summed E-state index contributed by atoms with van der Waals surface area (Å²) in [5.41, 5.74) is -0.898. The van der Waals surface area contributed by atoms with Crippen LogP contribution in [0.15, 0.2) is 17.0 Å². The highest BCUT2D eigenvalue weighted by Crippen LogP contribution is 3.02. The number of methoxy groups -OCH3 is 1. The van der Waals surface area contributed by atoms with Crippen LogP contribution in [0.25, 0.3) is 5.69 Å². The van der Waals surface area contributed by atoms with Gasteiger partial charge in [0.25, 0.3) is 0 Å². The minimum atomic E-state index is -10.0. The number of thiol groups is 1. The molecule has 0 spiro atoms. The highest BCUT2D eigenvalue weighted by molar-refractivity contribution is 8.45. The number of anilines is 1. The van der Waals surface area contributed by atoms with Crippen molar-refractivity contribution < 1.29 is 28.4 Å². The summed E-state index contributed by atoms with van der Waals surface area (Å²) in [6, 6.07) is 1.68. The van der Waals surface area contributed by atoms with E-state index in [4.69, 9.17) is 33.2 Å². The second kappa shape index (κ2) is 6.13. The molecule has 0 bridgehead atoms. The van der Waals surface area contributed by atoms with Gasteiger partial charge in [-0.1, -0.05) is 46.8 Å². The van der Waals surface area contributed by atoms with Crippen molar-refractivity contribution in [2.45, 2.75) is 4.90 Å². The standard InChI is InChI=1S/C12H9Cl2F5N4O2S2/c1-25-12-10(22-26(2)24)9(5-20)21-23(12)11-7(13)3-6(4-8(11)14)27(15,16,17,18)19/h3-4H,1-2H3,(H,22,24)/p+1. The molecular weight excluding hydrogens is 462 g/mol. The number of ether oxygens (including phenoxy) is 1. The van der Waals surface area contributed by atoms with E-state index < -0.39 is 41.8 Å². The van der Waals surface area contributed by atoms with Crippen LogP contribution in [-0.4, -0.2) is 23.1 Å². The fraction of sp³-hybridized carbons (Fsp3) is 0.167. The van der Waals surface area contributed by atoms with Gasteiger partial charge in [0.2, 0.25) is 5.88 Å². The van der Waals surface area contributed by atoms with Gasteiger partial charge in [0.15, 0.2) is 22.4 Å². The minimum absolute atomic E-state index is 0.00486. The molecule has 0 saturated carbocycles. The van der Waals surface area contributed by atoms with Gasteiger partial charge in [-0.05, 0) is 12.1 Å². The zero-order chi connectivity index (χ0) is 20.8. The summed E-state index contributed by atoms with van der Waals surface area (Å²) in [6.45, 7) is 0. The van der Waals surface area contributed by atoms with Crippen LogP contribution < -0.4 is 9.46 Å². The fourth-order valence-electron chi connectivity index (χ4n) is 2.05. The molecule has 0 aliphatic heterocycles. The maximum atomic E-state index is 13.0. The second-order valence-electron chi connectivity index (χ2n) is 5.07. The Balaban J connectivity index is 2.80. The van der Waals surface area contributed by atoms with Crippen LogP contribution >= 0.6 is 33.4 Å². The Morgan fingerprint density at radius 3 is 2.15 bits per heavy atom. The molecule has 1 N–H and O–H groups in total. The molecule has 1 aromatic heterocycles. The summed E-state index contributed by atoms with van der Waals surface area (Å²) in [7, 11) is -10.9. The lowest BCUT2D eigenvalue weighted by Crippen LogP contribution is -2.08. The third-order valence-electron chi connectivity index (χ3n) is 3.06. The van der Waals surface area contributed by atoms with E-state index in [0.717, 1.165) is 11.8 Å². The number of benzene rings is 1. The summed E-state index contributed by atoms with van der Waals surface area (Å²) < 4.78 is 84.7. The van der Waals surface area contributed by atoms with Gasteiger partial charge < -0.3 is 4.74 Å². The molecule has 2 rings (SSSR count). The Morgan fingerprint density at radius 1 is 1.26 bits per heavy atom.